The highest BCUT2D eigenvalue weighted by Crippen LogP contribution is 2.29. The third-order valence-electron chi connectivity index (χ3n) is 2.43. The molecule has 21 heavy (non-hydrogen) atoms. The predicted octanol–water partition coefficient (Wildman–Crippen LogP) is 1.80. The summed E-state index contributed by atoms with van der Waals surface area (Å²) in [6.45, 7) is -0.492. The van der Waals surface area contributed by atoms with Crippen LogP contribution in [-0.2, 0) is 10.0 Å². The van der Waals surface area contributed by atoms with Gasteiger partial charge in [-0.1, -0.05) is 6.07 Å². The lowest BCUT2D eigenvalue weighted by atomic mass is 10.3. The molecule has 1 aromatic carbocycles. The van der Waals surface area contributed by atoms with Crippen LogP contribution in [0.1, 0.15) is 12.8 Å². The summed E-state index contributed by atoms with van der Waals surface area (Å²) in [6.07, 6.45) is -6.03. The number of nitrogens with two attached hydrogens (primary N) is 1. The van der Waals surface area contributed by atoms with Gasteiger partial charge < -0.3 is 5.73 Å². The van der Waals surface area contributed by atoms with Crippen molar-refractivity contribution < 1.29 is 26.5 Å². The van der Waals surface area contributed by atoms with Gasteiger partial charge in [-0.3, -0.25) is 10.1 Å². The van der Waals surface area contributed by atoms with Crippen LogP contribution in [0.5, 0.6) is 0 Å². The van der Waals surface area contributed by atoms with Crippen LogP contribution in [-0.4, -0.2) is 26.1 Å². The molecule has 0 saturated carbocycles. The SMILES string of the molecule is Nc1cccc(S(=O)(=O)NCCCC(F)(F)F)c1[N+](=O)[O-]. The molecular weight excluding hydrogens is 315 g/mol. The normalized spacial score (nSPS) is 12.3. The number of nitro groups is 1. The maximum absolute atomic E-state index is 11.9. The van der Waals surface area contributed by atoms with Crippen molar-refractivity contribution in [3.05, 3.63) is 28.3 Å². The van der Waals surface area contributed by atoms with Crippen molar-refractivity contribution in [2.45, 2.75) is 23.9 Å². The Balaban J connectivity index is 2.89. The number of nitrogens with zero attached hydrogens (tertiary/aromatic N) is 1. The van der Waals surface area contributed by atoms with Crippen LogP contribution in [0.25, 0.3) is 0 Å². The molecule has 0 bridgehead atoms. The van der Waals surface area contributed by atoms with Gasteiger partial charge in [-0.05, 0) is 18.6 Å². The first-order valence-electron chi connectivity index (χ1n) is 5.64. The number of alkyl halides is 3. The van der Waals surface area contributed by atoms with E-state index in [0.29, 0.717) is 0 Å². The topological polar surface area (TPSA) is 115 Å². The van der Waals surface area contributed by atoms with Crippen LogP contribution in [0.15, 0.2) is 23.1 Å². The molecule has 3 N–H and O–H groups in total. The van der Waals surface area contributed by atoms with E-state index in [0.717, 1.165) is 12.1 Å². The Hall–Kier alpha value is -1.88. The zero-order chi connectivity index (χ0) is 16.3. The number of halogens is 3. The molecule has 7 nitrogen and oxygen atoms in total. The van der Waals surface area contributed by atoms with Gasteiger partial charge in [0, 0.05) is 13.0 Å². The second kappa shape index (κ2) is 6.26. The molecule has 0 aliphatic carbocycles. The van der Waals surface area contributed by atoms with E-state index >= 15 is 0 Å². The van der Waals surface area contributed by atoms with E-state index in [1.807, 2.05) is 4.72 Å². The smallest absolute Gasteiger partial charge is 0.389 e. The summed E-state index contributed by atoms with van der Waals surface area (Å²) in [5.74, 6) is 0. The molecule has 0 aliphatic heterocycles. The average Bonchev–Trinajstić information content (AvgIpc) is 2.33. The molecule has 0 radical (unpaired) electrons. The van der Waals surface area contributed by atoms with Crippen LogP contribution in [0.4, 0.5) is 24.5 Å². The Kier molecular flexibility index (Phi) is 5.12. The van der Waals surface area contributed by atoms with Crippen LogP contribution in [0.2, 0.25) is 0 Å². The molecule has 0 unspecified atom stereocenters. The van der Waals surface area contributed by atoms with E-state index in [2.05, 4.69) is 0 Å². The van der Waals surface area contributed by atoms with Gasteiger partial charge in [0.1, 0.15) is 5.69 Å². The highest BCUT2D eigenvalue weighted by Gasteiger charge is 2.29. The molecule has 0 amide bonds. The molecule has 118 valence electrons. The summed E-state index contributed by atoms with van der Waals surface area (Å²) in [5, 5.41) is 10.8. The molecule has 11 heteroatoms. The molecule has 0 aliphatic rings. The lowest BCUT2D eigenvalue weighted by Gasteiger charge is -2.09. The first-order valence-corrected chi connectivity index (χ1v) is 7.12. The van der Waals surface area contributed by atoms with Gasteiger partial charge in [-0.2, -0.15) is 13.2 Å². The minimum atomic E-state index is -4.39. The minimum Gasteiger partial charge on any atom is -0.393 e. The molecular formula is C10H12F3N3O4S. The van der Waals surface area contributed by atoms with Crippen molar-refractivity contribution in [2.75, 3.05) is 12.3 Å². The second-order valence-corrected chi connectivity index (χ2v) is 5.80. The third-order valence-corrected chi connectivity index (χ3v) is 3.92. The molecule has 1 aromatic rings. The minimum absolute atomic E-state index is 0.349. The highest BCUT2D eigenvalue weighted by atomic mass is 32.2. The standard InChI is InChI=1S/C10H12F3N3O4S/c11-10(12,13)5-2-6-15-21(19,20)8-4-1-3-7(14)9(8)16(17)18/h1,3-4,15H,2,5-6,14H2. The number of hydrogen-bond acceptors (Lipinski definition) is 5. The fourth-order valence-electron chi connectivity index (χ4n) is 1.52. The Labute approximate surface area is 118 Å². The van der Waals surface area contributed by atoms with Crippen molar-refractivity contribution in [2.24, 2.45) is 0 Å². The van der Waals surface area contributed by atoms with E-state index in [1.165, 1.54) is 6.07 Å². The number of nitrogen functional groups attached to an aromatic ring is 1. The van der Waals surface area contributed by atoms with Crippen LogP contribution >= 0.6 is 0 Å². The fraction of sp³-hybridized carbons (Fsp3) is 0.400. The highest BCUT2D eigenvalue weighted by molar-refractivity contribution is 7.89. The molecule has 0 atom stereocenters. The third kappa shape index (κ3) is 4.86. The quantitative estimate of drug-likeness (QED) is 0.358. The summed E-state index contributed by atoms with van der Waals surface area (Å²) >= 11 is 0. The summed E-state index contributed by atoms with van der Waals surface area (Å²) in [4.78, 5) is 9.20. The molecule has 0 saturated heterocycles. The van der Waals surface area contributed by atoms with Gasteiger partial charge in [-0.25, -0.2) is 13.1 Å². The first-order chi connectivity index (χ1) is 9.54. The molecule has 0 fully saturated rings. The fourth-order valence-corrected chi connectivity index (χ4v) is 2.80. The number of nitrogens with one attached hydrogen (secondary N) is 1. The van der Waals surface area contributed by atoms with E-state index in [9.17, 15) is 31.7 Å². The van der Waals surface area contributed by atoms with E-state index < -0.39 is 51.1 Å². The molecule has 0 aromatic heterocycles. The van der Waals surface area contributed by atoms with E-state index in [-0.39, 0.29) is 5.69 Å². The maximum atomic E-state index is 11.9. The Bertz CT molecular complexity index is 631. The first kappa shape index (κ1) is 17.2. The lowest BCUT2D eigenvalue weighted by Crippen LogP contribution is -2.26. The van der Waals surface area contributed by atoms with Crippen molar-refractivity contribution in [1.82, 2.24) is 4.72 Å². The van der Waals surface area contributed by atoms with Gasteiger partial charge in [0.05, 0.1) is 4.92 Å². The summed E-state index contributed by atoms with van der Waals surface area (Å²) in [7, 11) is -4.32. The van der Waals surface area contributed by atoms with Crippen LogP contribution in [0.3, 0.4) is 0 Å². The Morgan fingerprint density at radius 2 is 1.95 bits per heavy atom. The van der Waals surface area contributed by atoms with E-state index in [4.69, 9.17) is 5.73 Å². The zero-order valence-corrected chi connectivity index (χ0v) is 11.4. The van der Waals surface area contributed by atoms with Crippen LogP contribution < -0.4 is 10.5 Å². The maximum Gasteiger partial charge on any atom is 0.389 e. The predicted molar refractivity (Wildman–Crippen MR) is 68.0 cm³/mol. The number of hydrogen-bond donors (Lipinski definition) is 2. The molecule has 0 spiro atoms. The van der Waals surface area contributed by atoms with Gasteiger partial charge in [0.15, 0.2) is 4.90 Å². The number of para-hydroxylation sites is 1. The number of sulfonamides is 1. The lowest BCUT2D eigenvalue weighted by molar-refractivity contribution is -0.386. The number of benzene rings is 1. The average molecular weight is 327 g/mol. The van der Waals surface area contributed by atoms with Gasteiger partial charge in [0.25, 0.3) is 0 Å². The van der Waals surface area contributed by atoms with Crippen molar-refractivity contribution in [1.29, 1.82) is 0 Å². The van der Waals surface area contributed by atoms with Crippen molar-refractivity contribution in [3.8, 4) is 0 Å². The van der Waals surface area contributed by atoms with Gasteiger partial charge in [0.2, 0.25) is 10.0 Å². The number of anilines is 1. The van der Waals surface area contributed by atoms with Crippen molar-refractivity contribution >= 4 is 21.4 Å². The zero-order valence-electron chi connectivity index (χ0n) is 10.6. The summed E-state index contributed by atoms with van der Waals surface area (Å²) < 4.78 is 61.5. The van der Waals surface area contributed by atoms with Gasteiger partial charge in [-0.15, -0.1) is 0 Å². The number of nitro benzene ring substituents is 1. The van der Waals surface area contributed by atoms with Crippen molar-refractivity contribution in [3.63, 3.8) is 0 Å². The number of rotatable bonds is 6. The molecule has 0 heterocycles. The van der Waals surface area contributed by atoms with Gasteiger partial charge >= 0.3 is 11.9 Å². The second-order valence-electron chi connectivity index (χ2n) is 4.07. The summed E-state index contributed by atoms with van der Waals surface area (Å²) in [5.41, 5.74) is 4.19. The van der Waals surface area contributed by atoms with Crippen LogP contribution in [0, 0.1) is 10.1 Å². The van der Waals surface area contributed by atoms with E-state index in [1.54, 1.807) is 0 Å². The molecule has 1 rings (SSSR count). The monoisotopic (exact) mass is 327 g/mol. The Morgan fingerprint density at radius 1 is 1.33 bits per heavy atom. The largest absolute Gasteiger partial charge is 0.393 e. The Morgan fingerprint density at radius 3 is 2.48 bits per heavy atom. The summed E-state index contributed by atoms with van der Waals surface area (Å²) in [6, 6.07) is 3.31.